The number of fused-ring (bicyclic) bond motifs is 1. The Kier molecular flexibility index (Phi) is 7.13. The van der Waals surface area contributed by atoms with E-state index in [2.05, 4.69) is 26.5 Å². The first-order chi connectivity index (χ1) is 16.8. The molecule has 176 valence electrons. The maximum atomic E-state index is 12.5. The van der Waals surface area contributed by atoms with Gasteiger partial charge < -0.3 is 4.74 Å². The minimum atomic E-state index is -0.488. The molecule has 3 aromatic carbocycles. The second-order valence-corrected chi connectivity index (χ2v) is 9.19. The highest BCUT2D eigenvalue weighted by atomic mass is 79.9. The number of carbonyl (C=O) groups excluding carboxylic acids is 1. The SMILES string of the molecule is O=C(N/N=C\c1cc(Br)ccc1OCc1cccc([N+](=O)[O-])c1)c1cc2cc([N+](=O)[O-])ccc2s1. The highest BCUT2D eigenvalue weighted by molar-refractivity contribution is 9.10. The molecule has 0 aliphatic heterocycles. The fourth-order valence-electron chi connectivity index (χ4n) is 3.14. The highest BCUT2D eigenvalue weighted by Crippen LogP contribution is 2.29. The largest absolute Gasteiger partial charge is 0.488 e. The van der Waals surface area contributed by atoms with Gasteiger partial charge in [-0.1, -0.05) is 28.1 Å². The molecule has 1 N–H and O–H groups in total. The normalized spacial score (nSPS) is 11.0. The zero-order valence-corrected chi connectivity index (χ0v) is 20.1. The molecule has 0 saturated heterocycles. The van der Waals surface area contributed by atoms with E-state index in [1.54, 1.807) is 42.5 Å². The minimum absolute atomic E-state index is 0.0257. The molecule has 0 atom stereocenters. The number of nitro groups is 2. The molecule has 0 unspecified atom stereocenters. The Bertz CT molecular complexity index is 1490. The van der Waals surface area contributed by atoms with E-state index < -0.39 is 15.8 Å². The van der Waals surface area contributed by atoms with Crippen molar-refractivity contribution in [1.82, 2.24) is 5.43 Å². The molecule has 4 aromatic rings. The van der Waals surface area contributed by atoms with Gasteiger partial charge in [-0.05, 0) is 35.9 Å². The van der Waals surface area contributed by atoms with Crippen LogP contribution in [-0.2, 0) is 6.61 Å². The molecule has 0 spiro atoms. The van der Waals surface area contributed by atoms with Crippen molar-refractivity contribution < 1.29 is 19.4 Å². The summed E-state index contributed by atoms with van der Waals surface area (Å²) in [5.41, 5.74) is 3.57. The number of ether oxygens (including phenoxy) is 1. The van der Waals surface area contributed by atoms with Crippen LogP contribution in [0.1, 0.15) is 20.8 Å². The lowest BCUT2D eigenvalue weighted by Crippen LogP contribution is -2.16. The molecule has 0 aliphatic rings. The van der Waals surface area contributed by atoms with Crippen LogP contribution in [0.3, 0.4) is 0 Å². The predicted octanol–water partition coefficient (Wildman–Crippen LogP) is 5.82. The summed E-state index contributed by atoms with van der Waals surface area (Å²) in [5.74, 6) is 0.00559. The van der Waals surface area contributed by atoms with Crippen LogP contribution in [0.5, 0.6) is 5.75 Å². The van der Waals surface area contributed by atoms with Crippen LogP contribution in [0.15, 0.2) is 76.3 Å². The summed E-state index contributed by atoms with van der Waals surface area (Å²) in [4.78, 5) is 33.8. The second kappa shape index (κ2) is 10.4. The maximum absolute atomic E-state index is 12.5. The van der Waals surface area contributed by atoms with E-state index >= 15 is 0 Å². The number of thiophene rings is 1. The van der Waals surface area contributed by atoms with Crippen molar-refractivity contribution in [2.24, 2.45) is 5.10 Å². The molecular weight excluding hydrogens is 540 g/mol. The molecule has 35 heavy (non-hydrogen) atoms. The van der Waals surface area contributed by atoms with Crippen LogP contribution in [0.2, 0.25) is 0 Å². The summed E-state index contributed by atoms with van der Waals surface area (Å²) in [7, 11) is 0. The maximum Gasteiger partial charge on any atom is 0.281 e. The topological polar surface area (TPSA) is 137 Å². The van der Waals surface area contributed by atoms with Crippen molar-refractivity contribution in [1.29, 1.82) is 0 Å². The molecule has 1 aromatic heterocycles. The lowest BCUT2D eigenvalue weighted by atomic mass is 10.2. The zero-order chi connectivity index (χ0) is 24.9. The van der Waals surface area contributed by atoms with E-state index in [1.165, 1.54) is 41.8 Å². The third-order valence-electron chi connectivity index (χ3n) is 4.79. The van der Waals surface area contributed by atoms with Crippen molar-refractivity contribution in [2.45, 2.75) is 6.61 Å². The van der Waals surface area contributed by atoms with Crippen molar-refractivity contribution >= 4 is 60.8 Å². The highest BCUT2D eigenvalue weighted by Gasteiger charge is 2.13. The molecule has 1 heterocycles. The molecule has 0 aliphatic carbocycles. The third kappa shape index (κ3) is 5.86. The molecule has 0 bridgehead atoms. The van der Waals surface area contributed by atoms with Gasteiger partial charge in [-0.3, -0.25) is 25.0 Å². The molecule has 4 rings (SSSR count). The van der Waals surface area contributed by atoms with E-state index in [1.807, 2.05) is 0 Å². The van der Waals surface area contributed by atoms with Crippen molar-refractivity contribution in [3.05, 3.63) is 107 Å². The van der Waals surface area contributed by atoms with Gasteiger partial charge in [0.25, 0.3) is 17.3 Å². The Morgan fingerprint density at radius 3 is 2.57 bits per heavy atom. The Morgan fingerprint density at radius 1 is 1.03 bits per heavy atom. The Morgan fingerprint density at radius 2 is 1.80 bits per heavy atom. The first-order valence-corrected chi connectivity index (χ1v) is 11.6. The van der Waals surface area contributed by atoms with Crippen molar-refractivity contribution in [2.75, 3.05) is 0 Å². The van der Waals surface area contributed by atoms with Crippen LogP contribution in [0.4, 0.5) is 11.4 Å². The first-order valence-electron chi connectivity index (χ1n) is 9.97. The van der Waals surface area contributed by atoms with Crippen molar-refractivity contribution in [3.63, 3.8) is 0 Å². The summed E-state index contributed by atoms with van der Waals surface area (Å²) in [5, 5.41) is 26.5. The number of hydrogen-bond acceptors (Lipinski definition) is 8. The van der Waals surface area contributed by atoms with E-state index in [4.69, 9.17) is 4.74 Å². The lowest BCUT2D eigenvalue weighted by Gasteiger charge is -2.09. The van der Waals surface area contributed by atoms with Gasteiger partial charge in [-0.25, -0.2) is 5.43 Å². The van der Waals surface area contributed by atoms with Gasteiger partial charge in [0.05, 0.1) is 20.9 Å². The minimum Gasteiger partial charge on any atom is -0.488 e. The molecular formula is C23H15BrN4O6S. The Labute approximate surface area is 210 Å². The molecule has 1 amide bonds. The van der Waals surface area contributed by atoms with Crippen molar-refractivity contribution in [3.8, 4) is 5.75 Å². The summed E-state index contributed by atoms with van der Waals surface area (Å²) in [6.45, 7) is 0.102. The number of nitrogens with one attached hydrogen (secondary N) is 1. The summed E-state index contributed by atoms with van der Waals surface area (Å²) >= 11 is 4.58. The predicted molar refractivity (Wildman–Crippen MR) is 135 cm³/mol. The van der Waals surface area contributed by atoms with E-state index in [9.17, 15) is 25.0 Å². The van der Waals surface area contributed by atoms with Gasteiger partial charge in [-0.2, -0.15) is 5.10 Å². The number of halogens is 1. The fourth-order valence-corrected chi connectivity index (χ4v) is 4.46. The number of non-ortho nitro benzene ring substituents is 2. The Hall–Kier alpha value is -4.16. The van der Waals surface area contributed by atoms with E-state index in [-0.39, 0.29) is 18.0 Å². The average molecular weight is 555 g/mol. The quantitative estimate of drug-likeness (QED) is 0.165. The third-order valence-corrected chi connectivity index (χ3v) is 6.40. The molecule has 0 radical (unpaired) electrons. The number of benzene rings is 3. The number of amides is 1. The van der Waals surface area contributed by atoms with Crippen LogP contribution in [-0.4, -0.2) is 22.0 Å². The van der Waals surface area contributed by atoms with Gasteiger partial charge >= 0.3 is 0 Å². The molecule has 10 nitrogen and oxygen atoms in total. The average Bonchev–Trinajstić information content (AvgIpc) is 3.27. The van der Waals surface area contributed by atoms with E-state index in [0.29, 0.717) is 27.1 Å². The standard InChI is InChI=1S/C23H15BrN4O6S/c24-17-4-6-20(34-13-14-2-1-3-18(8-14)27(30)31)16(9-17)12-25-26-23(29)22-11-15-10-19(28(32)33)5-7-21(15)35-22/h1-12H,13H2,(H,26,29)/b25-12-. The molecule has 0 saturated carbocycles. The molecule has 12 heteroatoms. The smallest absolute Gasteiger partial charge is 0.281 e. The lowest BCUT2D eigenvalue weighted by molar-refractivity contribution is -0.385. The van der Waals surface area contributed by atoms with Gasteiger partial charge in [0.15, 0.2) is 0 Å². The van der Waals surface area contributed by atoms with Gasteiger partial charge in [0.1, 0.15) is 12.4 Å². The Balaban J connectivity index is 1.46. The van der Waals surface area contributed by atoms with Gasteiger partial charge in [0, 0.05) is 44.4 Å². The number of rotatable bonds is 8. The van der Waals surface area contributed by atoms with Gasteiger partial charge in [0.2, 0.25) is 0 Å². The summed E-state index contributed by atoms with van der Waals surface area (Å²) < 4.78 is 7.33. The summed E-state index contributed by atoms with van der Waals surface area (Å²) in [6.07, 6.45) is 1.42. The number of nitro benzene ring substituents is 2. The fraction of sp³-hybridized carbons (Fsp3) is 0.0435. The monoisotopic (exact) mass is 554 g/mol. The van der Waals surface area contributed by atoms with Crippen LogP contribution < -0.4 is 10.2 Å². The second-order valence-electron chi connectivity index (χ2n) is 7.19. The van der Waals surface area contributed by atoms with Crippen LogP contribution in [0, 0.1) is 20.2 Å². The van der Waals surface area contributed by atoms with Crippen LogP contribution >= 0.6 is 27.3 Å². The number of nitrogens with zero attached hydrogens (tertiary/aromatic N) is 3. The van der Waals surface area contributed by atoms with Crippen LogP contribution in [0.25, 0.3) is 10.1 Å². The molecule has 0 fully saturated rings. The zero-order valence-electron chi connectivity index (χ0n) is 17.7. The first kappa shape index (κ1) is 24.0. The number of hydrogen-bond donors (Lipinski definition) is 1. The summed E-state index contributed by atoms with van der Waals surface area (Å²) in [6, 6.07) is 17.4. The van der Waals surface area contributed by atoms with E-state index in [0.717, 1.165) is 9.17 Å². The number of hydrazone groups is 1. The number of carbonyl (C=O) groups is 1. The van der Waals surface area contributed by atoms with Gasteiger partial charge in [-0.15, -0.1) is 11.3 Å².